The van der Waals surface area contributed by atoms with Crippen molar-refractivity contribution >= 4 is 5.91 Å². The summed E-state index contributed by atoms with van der Waals surface area (Å²) in [7, 11) is 0. The van der Waals surface area contributed by atoms with Crippen molar-refractivity contribution in [1.29, 1.82) is 0 Å². The summed E-state index contributed by atoms with van der Waals surface area (Å²) in [5.74, 6) is 0.404. The van der Waals surface area contributed by atoms with E-state index in [2.05, 4.69) is 17.4 Å². The second-order valence-electron chi connectivity index (χ2n) is 6.10. The van der Waals surface area contributed by atoms with Gasteiger partial charge >= 0.3 is 0 Å². The van der Waals surface area contributed by atoms with E-state index in [4.69, 9.17) is 4.74 Å². The fraction of sp³-hybridized carbons (Fsp3) is 0.588. The highest BCUT2D eigenvalue weighted by Crippen LogP contribution is 2.28. The summed E-state index contributed by atoms with van der Waals surface area (Å²) in [5.41, 5.74) is 1.17. The van der Waals surface area contributed by atoms with Crippen LogP contribution in [0, 0.1) is 5.92 Å². The Bertz CT molecular complexity index is 471. The molecule has 1 aromatic carbocycles. The van der Waals surface area contributed by atoms with Crippen LogP contribution in [-0.2, 0) is 9.53 Å². The van der Waals surface area contributed by atoms with Gasteiger partial charge in [-0.05, 0) is 31.9 Å². The minimum absolute atomic E-state index is 0.0526. The molecule has 4 heteroatoms. The molecule has 0 aliphatic carbocycles. The summed E-state index contributed by atoms with van der Waals surface area (Å²) in [6.45, 7) is 5.17. The first-order valence-electron chi connectivity index (χ1n) is 7.93. The smallest absolute Gasteiger partial charge is 0.227 e. The molecule has 114 valence electrons. The Morgan fingerprint density at radius 3 is 2.86 bits per heavy atom. The average molecular weight is 288 g/mol. The van der Waals surface area contributed by atoms with Crippen molar-refractivity contribution in [3.8, 4) is 0 Å². The third-order valence-corrected chi connectivity index (χ3v) is 4.48. The molecule has 1 aromatic rings. The van der Waals surface area contributed by atoms with Crippen LogP contribution in [0.5, 0.6) is 0 Å². The molecule has 0 radical (unpaired) electrons. The van der Waals surface area contributed by atoms with Crippen molar-refractivity contribution in [2.75, 3.05) is 26.2 Å². The zero-order valence-electron chi connectivity index (χ0n) is 12.6. The molecule has 0 aromatic heterocycles. The summed E-state index contributed by atoms with van der Waals surface area (Å²) in [6.07, 6.45) is 2.20. The van der Waals surface area contributed by atoms with E-state index in [9.17, 15) is 4.79 Å². The summed E-state index contributed by atoms with van der Waals surface area (Å²) in [5, 5.41) is 3.34. The minimum Gasteiger partial charge on any atom is -0.374 e. The van der Waals surface area contributed by atoms with Crippen LogP contribution in [-0.4, -0.2) is 43.2 Å². The highest BCUT2D eigenvalue weighted by atomic mass is 16.5. The molecular formula is C17H24N2O2. The quantitative estimate of drug-likeness (QED) is 0.904. The number of hydrogen-bond acceptors (Lipinski definition) is 3. The van der Waals surface area contributed by atoms with E-state index in [1.165, 1.54) is 5.56 Å². The summed E-state index contributed by atoms with van der Waals surface area (Å²) in [4.78, 5) is 15.0. The molecule has 1 amide bonds. The van der Waals surface area contributed by atoms with Gasteiger partial charge in [0, 0.05) is 13.1 Å². The van der Waals surface area contributed by atoms with Gasteiger partial charge in [0.2, 0.25) is 5.91 Å². The van der Waals surface area contributed by atoms with Gasteiger partial charge in [0.25, 0.3) is 0 Å². The van der Waals surface area contributed by atoms with Crippen molar-refractivity contribution in [3.63, 3.8) is 0 Å². The summed E-state index contributed by atoms with van der Waals surface area (Å²) < 4.78 is 5.80. The van der Waals surface area contributed by atoms with Crippen LogP contribution in [0.25, 0.3) is 0 Å². The number of rotatable bonds is 2. The molecule has 2 fully saturated rings. The average Bonchev–Trinajstić information content (AvgIpc) is 2.56. The molecule has 1 N–H and O–H groups in total. The predicted octanol–water partition coefficient (Wildman–Crippen LogP) is 1.97. The van der Waals surface area contributed by atoms with Crippen LogP contribution in [0.2, 0.25) is 0 Å². The van der Waals surface area contributed by atoms with Gasteiger partial charge in [0.05, 0.1) is 24.7 Å². The number of hydrogen-bond donors (Lipinski definition) is 1. The number of nitrogens with one attached hydrogen (secondary N) is 1. The van der Waals surface area contributed by atoms with Gasteiger partial charge in [-0.25, -0.2) is 0 Å². The van der Waals surface area contributed by atoms with Crippen LogP contribution < -0.4 is 5.32 Å². The first kappa shape index (κ1) is 14.5. The molecule has 0 bridgehead atoms. The van der Waals surface area contributed by atoms with Crippen molar-refractivity contribution in [2.24, 2.45) is 5.92 Å². The molecule has 2 heterocycles. The topological polar surface area (TPSA) is 41.6 Å². The van der Waals surface area contributed by atoms with Gasteiger partial charge < -0.3 is 15.0 Å². The zero-order valence-corrected chi connectivity index (χ0v) is 12.6. The van der Waals surface area contributed by atoms with Gasteiger partial charge in [0.1, 0.15) is 0 Å². The third kappa shape index (κ3) is 3.27. The molecule has 4 nitrogen and oxygen atoms in total. The van der Waals surface area contributed by atoms with Crippen molar-refractivity contribution in [2.45, 2.75) is 31.9 Å². The number of carbonyl (C=O) groups is 1. The molecule has 0 saturated carbocycles. The van der Waals surface area contributed by atoms with Crippen LogP contribution >= 0.6 is 0 Å². The van der Waals surface area contributed by atoms with Gasteiger partial charge in [-0.2, -0.15) is 0 Å². The second-order valence-corrected chi connectivity index (χ2v) is 6.10. The SMILES string of the molecule is CC1CN(C(=O)C2CCCNC2)C(c2ccccc2)CO1. The lowest BCUT2D eigenvalue weighted by molar-refractivity contribution is -0.149. The van der Waals surface area contributed by atoms with Crippen LogP contribution in [0.15, 0.2) is 30.3 Å². The zero-order chi connectivity index (χ0) is 14.7. The normalized spacial score (nSPS) is 30.1. The van der Waals surface area contributed by atoms with Crippen molar-refractivity contribution in [3.05, 3.63) is 35.9 Å². The number of carbonyl (C=O) groups excluding carboxylic acids is 1. The van der Waals surface area contributed by atoms with Gasteiger partial charge in [0.15, 0.2) is 0 Å². The molecule has 2 aliphatic heterocycles. The lowest BCUT2D eigenvalue weighted by Crippen LogP contribution is -2.51. The van der Waals surface area contributed by atoms with Crippen molar-refractivity contribution < 1.29 is 9.53 Å². The highest BCUT2D eigenvalue weighted by molar-refractivity contribution is 5.80. The Morgan fingerprint density at radius 2 is 2.14 bits per heavy atom. The maximum absolute atomic E-state index is 12.9. The molecule has 2 aliphatic rings. The molecule has 3 atom stereocenters. The molecule has 3 unspecified atom stereocenters. The van der Waals surface area contributed by atoms with Crippen LogP contribution in [0.3, 0.4) is 0 Å². The standard InChI is InChI=1S/C17H24N2O2/c1-13-11-19(17(20)15-8-5-9-18-10-15)16(12-21-13)14-6-3-2-4-7-14/h2-4,6-7,13,15-16,18H,5,8-12H2,1H3. The number of ether oxygens (including phenoxy) is 1. The molecule has 2 saturated heterocycles. The molecule has 0 spiro atoms. The number of benzene rings is 1. The van der Waals surface area contributed by atoms with Gasteiger partial charge in [-0.15, -0.1) is 0 Å². The Labute approximate surface area is 126 Å². The summed E-state index contributed by atoms with van der Waals surface area (Å²) in [6, 6.07) is 10.3. The van der Waals surface area contributed by atoms with Gasteiger partial charge in [-0.3, -0.25) is 4.79 Å². The van der Waals surface area contributed by atoms with E-state index in [0.717, 1.165) is 25.9 Å². The number of piperidine rings is 1. The maximum Gasteiger partial charge on any atom is 0.227 e. The Morgan fingerprint density at radius 1 is 1.33 bits per heavy atom. The maximum atomic E-state index is 12.9. The molecule has 3 rings (SSSR count). The van der Waals surface area contributed by atoms with Crippen LogP contribution in [0.4, 0.5) is 0 Å². The number of nitrogens with zero attached hydrogens (tertiary/aromatic N) is 1. The van der Waals surface area contributed by atoms with Crippen molar-refractivity contribution in [1.82, 2.24) is 10.2 Å². The highest BCUT2D eigenvalue weighted by Gasteiger charge is 2.35. The van der Waals surface area contributed by atoms with E-state index >= 15 is 0 Å². The fourth-order valence-electron chi connectivity index (χ4n) is 3.29. The minimum atomic E-state index is 0.0526. The first-order valence-corrected chi connectivity index (χ1v) is 7.93. The van der Waals surface area contributed by atoms with Crippen LogP contribution in [0.1, 0.15) is 31.4 Å². The third-order valence-electron chi connectivity index (χ3n) is 4.48. The Hall–Kier alpha value is -1.39. The van der Waals surface area contributed by atoms with E-state index in [-0.39, 0.29) is 24.0 Å². The van der Waals surface area contributed by atoms with E-state index in [1.807, 2.05) is 30.0 Å². The predicted molar refractivity (Wildman–Crippen MR) is 81.9 cm³/mol. The molecular weight excluding hydrogens is 264 g/mol. The van der Waals surface area contributed by atoms with E-state index in [1.54, 1.807) is 0 Å². The van der Waals surface area contributed by atoms with E-state index in [0.29, 0.717) is 13.2 Å². The first-order chi connectivity index (χ1) is 10.3. The Balaban J connectivity index is 1.79. The number of amides is 1. The largest absolute Gasteiger partial charge is 0.374 e. The lowest BCUT2D eigenvalue weighted by Gasteiger charge is -2.41. The second kappa shape index (κ2) is 6.58. The molecule has 21 heavy (non-hydrogen) atoms. The fourth-order valence-corrected chi connectivity index (χ4v) is 3.29. The monoisotopic (exact) mass is 288 g/mol. The lowest BCUT2D eigenvalue weighted by atomic mass is 9.95. The van der Waals surface area contributed by atoms with E-state index < -0.39 is 0 Å². The summed E-state index contributed by atoms with van der Waals surface area (Å²) >= 11 is 0. The Kier molecular flexibility index (Phi) is 4.56. The van der Waals surface area contributed by atoms with Gasteiger partial charge in [-0.1, -0.05) is 30.3 Å². The number of morpholine rings is 1.